The van der Waals surface area contributed by atoms with Crippen LogP contribution in [0.15, 0.2) is 22.7 Å². The second-order valence-corrected chi connectivity index (χ2v) is 2.80. The first-order chi connectivity index (χ1) is 4.75. The third-order valence-electron chi connectivity index (χ3n) is 1.30. The molecule has 10 heavy (non-hydrogen) atoms. The van der Waals surface area contributed by atoms with Crippen molar-refractivity contribution in [3.8, 4) is 5.75 Å². The quantitative estimate of drug-likeness (QED) is 0.726. The van der Waals surface area contributed by atoms with Crippen molar-refractivity contribution >= 4 is 15.9 Å². The molecule has 0 amide bonds. The molecule has 0 heterocycles. The zero-order valence-electron chi connectivity index (χ0n) is 5.34. The molecule has 3 N–H and O–H groups in total. The van der Waals surface area contributed by atoms with E-state index in [1.807, 2.05) is 6.07 Å². The number of phenolic OH excluding ortho intramolecular Hbond substituents is 1. The third kappa shape index (κ3) is 1.30. The van der Waals surface area contributed by atoms with Crippen LogP contribution in [0, 0.1) is 0 Å². The van der Waals surface area contributed by atoms with Gasteiger partial charge in [-0.3, -0.25) is 0 Å². The molecule has 0 fully saturated rings. The van der Waals surface area contributed by atoms with Gasteiger partial charge in [-0.15, -0.1) is 0 Å². The second-order valence-electron chi connectivity index (χ2n) is 1.94. The molecule has 0 aromatic heterocycles. The van der Waals surface area contributed by atoms with Crippen molar-refractivity contribution in [3.63, 3.8) is 0 Å². The maximum atomic E-state index is 9.18. The molecule has 3 heteroatoms. The van der Waals surface area contributed by atoms with Crippen LogP contribution in [0.4, 0.5) is 0 Å². The van der Waals surface area contributed by atoms with E-state index in [0.29, 0.717) is 6.54 Å². The van der Waals surface area contributed by atoms with Crippen LogP contribution >= 0.6 is 15.9 Å². The van der Waals surface area contributed by atoms with E-state index in [1.165, 1.54) is 0 Å². The normalized spacial score (nSPS) is 9.80. The minimum Gasteiger partial charge on any atom is -0.508 e. The maximum absolute atomic E-state index is 9.18. The summed E-state index contributed by atoms with van der Waals surface area (Å²) in [6.45, 7) is 0.354. The first-order valence-corrected chi connectivity index (χ1v) is 3.71. The molecule has 1 rings (SSSR count). The zero-order chi connectivity index (χ0) is 7.56. The molecular weight excluding hydrogens is 194 g/mol. The molecule has 54 valence electrons. The number of hydrogen-bond donors (Lipinski definition) is 2. The van der Waals surface area contributed by atoms with Crippen molar-refractivity contribution in [1.29, 1.82) is 0 Å². The molecule has 0 saturated carbocycles. The summed E-state index contributed by atoms with van der Waals surface area (Å²) in [6, 6.07) is 5.23. The molecular formula is C7H8BrNO. The summed E-state index contributed by atoms with van der Waals surface area (Å²) in [4.78, 5) is 0. The van der Waals surface area contributed by atoms with Crippen LogP contribution in [0.3, 0.4) is 0 Å². The van der Waals surface area contributed by atoms with E-state index < -0.39 is 0 Å². The van der Waals surface area contributed by atoms with Gasteiger partial charge in [-0.2, -0.15) is 0 Å². The van der Waals surface area contributed by atoms with Gasteiger partial charge in [-0.1, -0.05) is 22.0 Å². The highest BCUT2D eigenvalue weighted by Gasteiger charge is 2.00. The van der Waals surface area contributed by atoms with Crippen molar-refractivity contribution in [2.24, 2.45) is 5.73 Å². The standard InChI is InChI=1S/C7H8BrNO/c8-6-2-1-3-7(10)5(6)4-9/h1-3,10H,4,9H2. The predicted octanol–water partition coefficient (Wildman–Crippen LogP) is 1.61. The first-order valence-electron chi connectivity index (χ1n) is 2.92. The van der Waals surface area contributed by atoms with E-state index in [0.717, 1.165) is 10.0 Å². The Hall–Kier alpha value is -0.540. The Balaban J connectivity index is 3.17. The van der Waals surface area contributed by atoms with Crippen LogP contribution in [0.25, 0.3) is 0 Å². The molecule has 0 bridgehead atoms. The molecule has 0 aliphatic rings. The lowest BCUT2D eigenvalue weighted by Gasteiger charge is -2.01. The number of benzene rings is 1. The summed E-state index contributed by atoms with van der Waals surface area (Å²) < 4.78 is 0.856. The van der Waals surface area contributed by atoms with Crippen molar-refractivity contribution in [2.45, 2.75) is 6.54 Å². The van der Waals surface area contributed by atoms with Gasteiger partial charge in [-0.05, 0) is 12.1 Å². The molecule has 0 saturated heterocycles. The van der Waals surface area contributed by atoms with Crippen LogP contribution in [-0.2, 0) is 6.54 Å². The van der Waals surface area contributed by atoms with Crippen LogP contribution in [0.1, 0.15) is 5.56 Å². The Kier molecular flexibility index (Phi) is 2.29. The molecule has 1 aromatic carbocycles. The number of hydrogen-bond acceptors (Lipinski definition) is 2. The van der Waals surface area contributed by atoms with Gasteiger partial charge in [0.05, 0.1) is 0 Å². The summed E-state index contributed by atoms with van der Waals surface area (Å²) in [5.74, 6) is 0.247. The van der Waals surface area contributed by atoms with Gasteiger partial charge in [0.1, 0.15) is 5.75 Å². The molecule has 0 spiro atoms. The fourth-order valence-corrected chi connectivity index (χ4v) is 1.27. The summed E-state index contributed by atoms with van der Waals surface area (Å²) in [7, 11) is 0. The fourth-order valence-electron chi connectivity index (χ4n) is 0.749. The minimum atomic E-state index is 0.247. The first kappa shape index (κ1) is 7.57. The number of aromatic hydroxyl groups is 1. The fraction of sp³-hybridized carbons (Fsp3) is 0.143. The number of nitrogens with two attached hydrogens (primary N) is 1. The van der Waals surface area contributed by atoms with Gasteiger partial charge in [0.15, 0.2) is 0 Å². The van der Waals surface area contributed by atoms with E-state index >= 15 is 0 Å². The zero-order valence-corrected chi connectivity index (χ0v) is 6.93. The highest BCUT2D eigenvalue weighted by Crippen LogP contribution is 2.24. The van der Waals surface area contributed by atoms with Crippen LogP contribution < -0.4 is 5.73 Å². The number of rotatable bonds is 1. The SMILES string of the molecule is NCc1c(O)cccc1Br. The van der Waals surface area contributed by atoms with E-state index in [9.17, 15) is 5.11 Å². The topological polar surface area (TPSA) is 46.2 Å². The molecule has 0 atom stereocenters. The monoisotopic (exact) mass is 201 g/mol. The molecule has 0 unspecified atom stereocenters. The maximum Gasteiger partial charge on any atom is 0.121 e. The van der Waals surface area contributed by atoms with Crippen LogP contribution in [0.5, 0.6) is 5.75 Å². The predicted molar refractivity (Wildman–Crippen MR) is 43.7 cm³/mol. The highest BCUT2D eigenvalue weighted by atomic mass is 79.9. The lowest BCUT2D eigenvalue weighted by atomic mass is 10.2. The highest BCUT2D eigenvalue weighted by molar-refractivity contribution is 9.10. The van der Waals surface area contributed by atoms with E-state index in [1.54, 1.807) is 12.1 Å². The minimum absolute atomic E-state index is 0.247. The summed E-state index contributed by atoms with van der Waals surface area (Å²) in [5, 5.41) is 9.18. The van der Waals surface area contributed by atoms with E-state index in [2.05, 4.69) is 15.9 Å². The lowest BCUT2D eigenvalue weighted by Crippen LogP contribution is -1.97. The smallest absolute Gasteiger partial charge is 0.121 e. The third-order valence-corrected chi connectivity index (χ3v) is 2.04. The van der Waals surface area contributed by atoms with Gasteiger partial charge in [0.2, 0.25) is 0 Å². The van der Waals surface area contributed by atoms with Gasteiger partial charge in [-0.25, -0.2) is 0 Å². The average Bonchev–Trinajstić information content (AvgIpc) is 1.88. The second kappa shape index (κ2) is 3.03. The van der Waals surface area contributed by atoms with Crippen molar-refractivity contribution in [3.05, 3.63) is 28.2 Å². The Labute approximate surface area is 67.8 Å². The van der Waals surface area contributed by atoms with Gasteiger partial charge < -0.3 is 10.8 Å². The molecule has 0 aliphatic heterocycles. The Bertz CT molecular complexity index is 217. The van der Waals surface area contributed by atoms with E-state index in [4.69, 9.17) is 5.73 Å². The summed E-state index contributed by atoms with van der Waals surface area (Å²) in [6.07, 6.45) is 0. The van der Waals surface area contributed by atoms with Crippen LogP contribution in [0.2, 0.25) is 0 Å². The Morgan fingerprint density at radius 3 is 2.60 bits per heavy atom. The van der Waals surface area contributed by atoms with Crippen molar-refractivity contribution < 1.29 is 5.11 Å². The van der Waals surface area contributed by atoms with Gasteiger partial charge >= 0.3 is 0 Å². The largest absolute Gasteiger partial charge is 0.508 e. The van der Waals surface area contributed by atoms with Gasteiger partial charge in [0.25, 0.3) is 0 Å². The molecule has 0 radical (unpaired) electrons. The lowest BCUT2D eigenvalue weighted by molar-refractivity contribution is 0.468. The van der Waals surface area contributed by atoms with E-state index in [-0.39, 0.29) is 5.75 Å². The van der Waals surface area contributed by atoms with Gasteiger partial charge in [0, 0.05) is 16.6 Å². The number of halogens is 1. The van der Waals surface area contributed by atoms with Crippen molar-refractivity contribution in [2.75, 3.05) is 0 Å². The van der Waals surface area contributed by atoms with Crippen LogP contribution in [-0.4, -0.2) is 5.11 Å². The molecule has 2 nitrogen and oxygen atoms in total. The average molecular weight is 202 g/mol. The number of phenols is 1. The Morgan fingerprint density at radius 1 is 1.50 bits per heavy atom. The van der Waals surface area contributed by atoms with Crippen molar-refractivity contribution in [1.82, 2.24) is 0 Å². The Morgan fingerprint density at radius 2 is 2.20 bits per heavy atom. The summed E-state index contributed by atoms with van der Waals surface area (Å²) >= 11 is 3.27. The summed E-state index contributed by atoms with van der Waals surface area (Å²) in [5.41, 5.74) is 6.11. The molecule has 1 aromatic rings. The molecule has 0 aliphatic carbocycles.